The zero-order chi connectivity index (χ0) is 13.0. The predicted octanol–water partition coefficient (Wildman–Crippen LogP) is 5.11. The van der Waals surface area contributed by atoms with Crippen LogP contribution in [0, 0.1) is 17.6 Å². The van der Waals surface area contributed by atoms with Gasteiger partial charge in [0.2, 0.25) is 0 Å². The monoisotopic (exact) mass is 317 g/mol. The highest BCUT2D eigenvalue weighted by molar-refractivity contribution is 9.10. The van der Waals surface area contributed by atoms with Crippen LogP contribution < -0.4 is 5.32 Å². The van der Waals surface area contributed by atoms with Gasteiger partial charge in [-0.15, -0.1) is 0 Å². The fourth-order valence-corrected chi connectivity index (χ4v) is 2.93. The Bertz CT molecular complexity index is 378. The van der Waals surface area contributed by atoms with Crippen LogP contribution in [0.25, 0.3) is 0 Å². The molecular formula is C14H18BrF2N. The van der Waals surface area contributed by atoms with Gasteiger partial charge in [-0.1, -0.05) is 41.6 Å². The molecule has 0 unspecified atom stereocenters. The molecule has 0 bridgehead atoms. The van der Waals surface area contributed by atoms with Crippen LogP contribution in [0.3, 0.4) is 0 Å². The Hall–Kier alpha value is -0.640. The molecule has 1 aromatic carbocycles. The van der Waals surface area contributed by atoms with E-state index in [-0.39, 0.29) is 5.69 Å². The first-order chi connectivity index (χ1) is 8.66. The van der Waals surface area contributed by atoms with Crippen molar-refractivity contribution in [3.8, 4) is 0 Å². The predicted molar refractivity (Wildman–Crippen MR) is 73.7 cm³/mol. The molecule has 1 aliphatic carbocycles. The minimum absolute atomic E-state index is 0.00227. The van der Waals surface area contributed by atoms with Crippen LogP contribution in [0.15, 0.2) is 16.6 Å². The van der Waals surface area contributed by atoms with Crippen LogP contribution in [0.4, 0.5) is 14.5 Å². The van der Waals surface area contributed by atoms with Crippen molar-refractivity contribution in [2.75, 3.05) is 11.9 Å². The third-order valence-corrected chi connectivity index (χ3v) is 4.01. The van der Waals surface area contributed by atoms with E-state index in [2.05, 4.69) is 21.2 Å². The van der Waals surface area contributed by atoms with E-state index in [1.54, 1.807) is 0 Å². The van der Waals surface area contributed by atoms with E-state index >= 15 is 0 Å². The zero-order valence-electron chi connectivity index (χ0n) is 10.3. The van der Waals surface area contributed by atoms with Gasteiger partial charge >= 0.3 is 0 Å². The first-order valence-electron chi connectivity index (χ1n) is 6.55. The van der Waals surface area contributed by atoms with Crippen LogP contribution >= 0.6 is 15.9 Å². The van der Waals surface area contributed by atoms with E-state index in [0.717, 1.165) is 12.8 Å². The molecule has 1 N–H and O–H groups in total. The lowest BCUT2D eigenvalue weighted by atomic mass is 10.0. The quantitative estimate of drug-likeness (QED) is 0.764. The Labute approximate surface area is 115 Å². The van der Waals surface area contributed by atoms with Crippen LogP contribution in [0.5, 0.6) is 0 Å². The smallest absolute Gasteiger partial charge is 0.150 e. The summed E-state index contributed by atoms with van der Waals surface area (Å²) in [6.07, 6.45) is 7.36. The summed E-state index contributed by atoms with van der Waals surface area (Å²) in [5.74, 6) is -0.527. The van der Waals surface area contributed by atoms with Gasteiger partial charge in [-0.3, -0.25) is 0 Å². The molecule has 1 aliphatic rings. The molecule has 18 heavy (non-hydrogen) atoms. The van der Waals surface area contributed by atoms with Gasteiger partial charge in [-0.05, 0) is 30.9 Å². The minimum atomic E-state index is -0.532. The topological polar surface area (TPSA) is 12.0 Å². The lowest BCUT2D eigenvalue weighted by Gasteiger charge is -2.16. The number of hydrogen-bond donors (Lipinski definition) is 1. The number of rotatable bonds is 3. The fourth-order valence-electron chi connectivity index (χ4n) is 2.53. The molecule has 0 heterocycles. The highest BCUT2D eigenvalue weighted by Gasteiger charge is 2.15. The van der Waals surface area contributed by atoms with Gasteiger partial charge in [-0.2, -0.15) is 0 Å². The Kier molecular flexibility index (Phi) is 4.98. The maximum Gasteiger partial charge on any atom is 0.150 e. The van der Waals surface area contributed by atoms with Crippen molar-refractivity contribution in [1.82, 2.24) is 0 Å². The molecule has 1 saturated carbocycles. The summed E-state index contributed by atoms with van der Waals surface area (Å²) in [5.41, 5.74) is 0.00227. The van der Waals surface area contributed by atoms with E-state index < -0.39 is 11.6 Å². The van der Waals surface area contributed by atoms with E-state index in [0.29, 0.717) is 16.9 Å². The van der Waals surface area contributed by atoms with Crippen molar-refractivity contribution in [3.05, 3.63) is 28.2 Å². The average molecular weight is 318 g/mol. The van der Waals surface area contributed by atoms with E-state index in [4.69, 9.17) is 0 Å². The molecular weight excluding hydrogens is 300 g/mol. The maximum absolute atomic E-state index is 13.6. The van der Waals surface area contributed by atoms with Crippen molar-refractivity contribution >= 4 is 21.6 Å². The summed E-state index contributed by atoms with van der Waals surface area (Å²) >= 11 is 3.08. The zero-order valence-corrected chi connectivity index (χ0v) is 11.9. The number of anilines is 1. The van der Waals surface area contributed by atoms with Crippen molar-refractivity contribution < 1.29 is 8.78 Å². The molecule has 0 spiro atoms. The van der Waals surface area contributed by atoms with Crippen molar-refractivity contribution in [2.24, 2.45) is 5.92 Å². The SMILES string of the molecule is Fc1cc(Br)cc(F)c1NCC1CCCCCC1. The first kappa shape index (κ1) is 13.8. The maximum atomic E-state index is 13.6. The van der Waals surface area contributed by atoms with Crippen LogP contribution in [0.1, 0.15) is 38.5 Å². The summed E-state index contributed by atoms with van der Waals surface area (Å²) in [5, 5.41) is 2.94. The molecule has 0 aromatic heterocycles. The number of halogens is 3. The molecule has 0 aliphatic heterocycles. The highest BCUT2D eigenvalue weighted by atomic mass is 79.9. The van der Waals surface area contributed by atoms with Gasteiger partial charge in [0.1, 0.15) is 17.3 Å². The molecule has 1 nitrogen and oxygen atoms in total. The minimum Gasteiger partial charge on any atom is -0.380 e. The molecule has 0 saturated heterocycles. The highest BCUT2D eigenvalue weighted by Crippen LogP contribution is 2.26. The average Bonchev–Trinajstić information content (AvgIpc) is 2.56. The summed E-state index contributed by atoms with van der Waals surface area (Å²) in [4.78, 5) is 0. The largest absolute Gasteiger partial charge is 0.380 e. The summed E-state index contributed by atoms with van der Waals surface area (Å²) in [6.45, 7) is 0.662. The summed E-state index contributed by atoms with van der Waals surface area (Å²) in [6, 6.07) is 2.58. The van der Waals surface area contributed by atoms with E-state index in [1.165, 1.54) is 37.8 Å². The van der Waals surface area contributed by atoms with Crippen molar-refractivity contribution in [2.45, 2.75) is 38.5 Å². The Morgan fingerprint density at radius 3 is 2.17 bits per heavy atom. The van der Waals surface area contributed by atoms with Gasteiger partial charge in [0.05, 0.1) is 0 Å². The second-order valence-electron chi connectivity index (χ2n) is 4.98. The standard InChI is InChI=1S/C14H18BrF2N/c15-11-7-12(16)14(13(17)8-11)18-9-10-5-3-1-2-4-6-10/h7-8,10,18H,1-6,9H2. The van der Waals surface area contributed by atoms with Gasteiger partial charge in [0, 0.05) is 11.0 Å². The third-order valence-electron chi connectivity index (χ3n) is 3.55. The lowest BCUT2D eigenvalue weighted by molar-refractivity contribution is 0.480. The number of benzene rings is 1. The Morgan fingerprint density at radius 1 is 1.06 bits per heavy atom. The van der Waals surface area contributed by atoms with Crippen LogP contribution in [-0.4, -0.2) is 6.54 Å². The number of nitrogens with one attached hydrogen (secondary N) is 1. The normalized spacial score (nSPS) is 17.5. The first-order valence-corrected chi connectivity index (χ1v) is 7.34. The summed E-state index contributed by atoms with van der Waals surface area (Å²) < 4.78 is 27.7. The van der Waals surface area contributed by atoms with Crippen LogP contribution in [-0.2, 0) is 0 Å². The molecule has 4 heteroatoms. The Balaban J connectivity index is 1.97. The van der Waals surface area contributed by atoms with Gasteiger partial charge in [0.25, 0.3) is 0 Å². The van der Waals surface area contributed by atoms with E-state index in [1.807, 2.05) is 0 Å². The second kappa shape index (κ2) is 6.50. The van der Waals surface area contributed by atoms with E-state index in [9.17, 15) is 8.78 Å². The van der Waals surface area contributed by atoms with Crippen LogP contribution in [0.2, 0.25) is 0 Å². The second-order valence-corrected chi connectivity index (χ2v) is 5.90. The van der Waals surface area contributed by atoms with Crippen molar-refractivity contribution in [3.63, 3.8) is 0 Å². The molecule has 100 valence electrons. The number of hydrogen-bond acceptors (Lipinski definition) is 1. The molecule has 0 amide bonds. The molecule has 1 fully saturated rings. The summed E-state index contributed by atoms with van der Waals surface area (Å²) in [7, 11) is 0. The van der Waals surface area contributed by atoms with Gasteiger partial charge in [-0.25, -0.2) is 8.78 Å². The van der Waals surface area contributed by atoms with Gasteiger partial charge < -0.3 is 5.32 Å². The molecule has 0 radical (unpaired) electrons. The fraction of sp³-hybridized carbons (Fsp3) is 0.571. The third kappa shape index (κ3) is 3.67. The lowest BCUT2D eigenvalue weighted by Crippen LogP contribution is -2.15. The molecule has 1 aromatic rings. The molecule has 0 atom stereocenters. The Morgan fingerprint density at radius 2 is 1.61 bits per heavy atom. The molecule has 2 rings (SSSR count). The van der Waals surface area contributed by atoms with Gasteiger partial charge in [0.15, 0.2) is 0 Å². The van der Waals surface area contributed by atoms with Crippen molar-refractivity contribution in [1.29, 1.82) is 0 Å².